The Morgan fingerprint density at radius 2 is 2.21 bits per heavy atom. The first kappa shape index (κ1) is 18.1. The molecule has 1 aromatic carbocycles. The number of guanidine groups is 1. The molecule has 3 N–H and O–H groups in total. The highest BCUT2D eigenvalue weighted by atomic mass is 32.1. The fraction of sp³-hybridized carbons (Fsp3) is 0.412. The minimum absolute atomic E-state index is 0.230. The Morgan fingerprint density at radius 1 is 1.38 bits per heavy atom. The van der Waals surface area contributed by atoms with Crippen molar-refractivity contribution < 1.29 is 9.84 Å². The number of hydrogen-bond donors (Lipinski definition) is 3. The van der Waals surface area contributed by atoms with Crippen molar-refractivity contribution in [3.8, 4) is 11.5 Å². The van der Waals surface area contributed by atoms with Crippen molar-refractivity contribution in [2.45, 2.75) is 26.3 Å². The van der Waals surface area contributed by atoms with Crippen LogP contribution in [0.5, 0.6) is 11.5 Å². The number of benzene rings is 1. The van der Waals surface area contributed by atoms with E-state index < -0.39 is 0 Å². The van der Waals surface area contributed by atoms with Gasteiger partial charge in [0.15, 0.2) is 5.96 Å². The van der Waals surface area contributed by atoms with Gasteiger partial charge in [0.1, 0.15) is 11.5 Å². The third-order valence-corrected chi connectivity index (χ3v) is 4.74. The summed E-state index contributed by atoms with van der Waals surface area (Å²) in [5, 5.41) is 17.5. The van der Waals surface area contributed by atoms with Gasteiger partial charge in [0.25, 0.3) is 0 Å². The van der Waals surface area contributed by atoms with Crippen LogP contribution in [0.1, 0.15) is 22.4 Å². The van der Waals surface area contributed by atoms with Gasteiger partial charge in [-0.15, -0.1) is 11.3 Å². The summed E-state index contributed by atoms with van der Waals surface area (Å²) in [6.45, 7) is 3.34. The van der Waals surface area contributed by atoms with Crippen molar-refractivity contribution in [3.63, 3.8) is 0 Å². The number of nitrogens with one attached hydrogen (secondary N) is 2. The van der Waals surface area contributed by atoms with Crippen LogP contribution < -0.4 is 15.4 Å². The predicted octanol–water partition coefficient (Wildman–Crippen LogP) is 2.33. The molecule has 0 atom stereocenters. The Labute approximate surface area is 146 Å². The molecule has 0 radical (unpaired) electrons. The van der Waals surface area contributed by atoms with Crippen LogP contribution in [-0.4, -0.2) is 36.8 Å². The Bertz CT molecular complexity index is 685. The lowest BCUT2D eigenvalue weighted by Crippen LogP contribution is -2.37. The van der Waals surface area contributed by atoms with Gasteiger partial charge < -0.3 is 20.5 Å². The first-order chi connectivity index (χ1) is 11.7. The number of aliphatic imine (C=N–C) groups is 1. The smallest absolute Gasteiger partial charge is 0.191 e. The Kier molecular flexibility index (Phi) is 6.87. The Balaban J connectivity index is 1.82. The average molecular weight is 348 g/mol. The van der Waals surface area contributed by atoms with Crippen LogP contribution in [-0.2, 0) is 19.4 Å². The van der Waals surface area contributed by atoms with E-state index in [2.05, 4.69) is 27.5 Å². The number of nitrogens with zero attached hydrogens (tertiary/aromatic N) is 2. The molecule has 7 heteroatoms. The number of phenolic OH excluding ortho intramolecular Hbond substituents is 1. The van der Waals surface area contributed by atoms with Gasteiger partial charge in [-0.2, -0.15) is 0 Å². The van der Waals surface area contributed by atoms with E-state index in [0.29, 0.717) is 18.3 Å². The van der Waals surface area contributed by atoms with Crippen molar-refractivity contribution in [2.75, 3.05) is 20.7 Å². The van der Waals surface area contributed by atoms with Crippen molar-refractivity contribution in [1.82, 2.24) is 15.6 Å². The summed E-state index contributed by atoms with van der Waals surface area (Å²) in [7, 11) is 3.33. The minimum Gasteiger partial charge on any atom is -0.508 e. The van der Waals surface area contributed by atoms with Gasteiger partial charge in [0.2, 0.25) is 0 Å². The molecule has 0 saturated carbocycles. The summed E-state index contributed by atoms with van der Waals surface area (Å²) in [6.07, 6.45) is 3.83. The van der Waals surface area contributed by atoms with Gasteiger partial charge in [-0.3, -0.25) is 4.99 Å². The minimum atomic E-state index is 0.230. The second kappa shape index (κ2) is 9.12. The standard InChI is InChI=1S/C17H24N4O2S/c1-4-14-11-20-16(24-14)7-8-19-17(18-2)21-10-12-9-13(23-3)5-6-15(12)22/h5-6,9,11,22H,4,7-8,10H2,1-3H3,(H2,18,19,21). The van der Waals surface area contributed by atoms with E-state index in [-0.39, 0.29) is 5.75 Å². The van der Waals surface area contributed by atoms with Crippen LogP contribution in [0.25, 0.3) is 0 Å². The van der Waals surface area contributed by atoms with Crippen LogP contribution in [0.3, 0.4) is 0 Å². The molecular weight excluding hydrogens is 324 g/mol. The molecule has 0 spiro atoms. The number of thiazole rings is 1. The molecule has 1 aromatic heterocycles. The molecule has 0 amide bonds. The maximum Gasteiger partial charge on any atom is 0.191 e. The molecule has 0 fully saturated rings. The number of ether oxygens (including phenoxy) is 1. The lowest BCUT2D eigenvalue weighted by Gasteiger charge is -2.13. The van der Waals surface area contributed by atoms with E-state index in [1.807, 2.05) is 6.20 Å². The monoisotopic (exact) mass is 348 g/mol. The fourth-order valence-corrected chi connectivity index (χ4v) is 3.01. The summed E-state index contributed by atoms with van der Waals surface area (Å²) in [4.78, 5) is 9.90. The number of phenols is 1. The predicted molar refractivity (Wildman–Crippen MR) is 98.1 cm³/mol. The molecule has 2 rings (SSSR count). The van der Waals surface area contributed by atoms with Crippen LogP contribution in [0.2, 0.25) is 0 Å². The second-order valence-corrected chi connectivity index (χ2v) is 6.37. The number of methoxy groups -OCH3 is 1. The molecule has 0 aliphatic heterocycles. The van der Waals surface area contributed by atoms with Gasteiger partial charge >= 0.3 is 0 Å². The summed E-state index contributed by atoms with van der Waals surface area (Å²) >= 11 is 1.75. The molecule has 0 aliphatic rings. The highest BCUT2D eigenvalue weighted by molar-refractivity contribution is 7.11. The first-order valence-corrected chi connectivity index (χ1v) is 8.71. The lowest BCUT2D eigenvalue weighted by atomic mass is 10.2. The fourth-order valence-electron chi connectivity index (χ4n) is 2.14. The first-order valence-electron chi connectivity index (χ1n) is 7.90. The number of hydrogen-bond acceptors (Lipinski definition) is 5. The third-order valence-electron chi connectivity index (χ3n) is 3.54. The normalized spacial score (nSPS) is 11.4. The maximum absolute atomic E-state index is 9.90. The average Bonchev–Trinajstić information content (AvgIpc) is 3.07. The number of aromatic hydroxyl groups is 1. The molecule has 0 bridgehead atoms. The number of aryl methyl sites for hydroxylation is 1. The summed E-state index contributed by atoms with van der Waals surface area (Å²) in [5.74, 6) is 1.63. The highest BCUT2D eigenvalue weighted by Crippen LogP contribution is 2.22. The zero-order valence-electron chi connectivity index (χ0n) is 14.3. The molecule has 0 unspecified atom stereocenters. The number of aromatic nitrogens is 1. The van der Waals surface area contributed by atoms with E-state index >= 15 is 0 Å². The molecule has 24 heavy (non-hydrogen) atoms. The molecule has 0 aliphatic carbocycles. The summed E-state index contributed by atoms with van der Waals surface area (Å²) < 4.78 is 5.18. The third kappa shape index (κ3) is 5.13. The molecule has 6 nitrogen and oxygen atoms in total. The molecule has 0 saturated heterocycles. The van der Waals surface area contributed by atoms with Crippen molar-refractivity contribution >= 4 is 17.3 Å². The van der Waals surface area contributed by atoms with Gasteiger partial charge in [0, 0.05) is 43.2 Å². The largest absolute Gasteiger partial charge is 0.508 e. The Morgan fingerprint density at radius 3 is 2.88 bits per heavy atom. The summed E-state index contributed by atoms with van der Waals surface area (Å²) in [6, 6.07) is 5.15. The van der Waals surface area contributed by atoms with E-state index in [1.54, 1.807) is 43.7 Å². The molecule has 2 aromatic rings. The Hall–Kier alpha value is -2.28. The van der Waals surface area contributed by atoms with Crippen molar-refractivity contribution in [3.05, 3.63) is 39.8 Å². The van der Waals surface area contributed by atoms with Crippen LogP contribution in [0.4, 0.5) is 0 Å². The van der Waals surface area contributed by atoms with Gasteiger partial charge in [0.05, 0.1) is 12.1 Å². The lowest BCUT2D eigenvalue weighted by molar-refractivity contribution is 0.410. The number of rotatable bonds is 7. The highest BCUT2D eigenvalue weighted by Gasteiger charge is 2.06. The zero-order chi connectivity index (χ0) is 17.4. The van der Waals surface area contributed by atoms with Crippen LogP contribution in [0.15, 0.2) is 29.4 Å². The summed E-state index contributed by atoms with van der Waals surface area (Å²) in [5.41, 5.74) is 0.754. The molecular formula is C17H24N4O2S. The quantitative estimate of drug-likeness (QED) is 0.529. The van der Waals surface area contributed by atoms with E-state index in [4.69, 9.17) is 4.74 Å². The van der Waals surface area contributed by atoms with Gasteiger partial charge in [-0.1, -0.05) is 6.92 Å². The van der Waals surface area contributed by atoms with E-state index in [9.17, 15) is 5.11 Å². The maximum atomic E-state index is 9.90. The molecule has 1 heterocycles. The van der Waals surface area contributed by atoms with Crippen molar-refractivity contribution in [1.29, 1.82) is 0 Å². The van der Waals surface area contributed by atoms with Crippen molar-refractivity contribution in [2.24, 2.45) is 4.99 Å². The van der Waals surface area contributed by atoms with Crippen LogP contribution >= 0.6 is 11.3 Å². The second-order valence-electron chi connectivity index (χ2n) is 5.17. The topological polar surface area (TPSA) is 78.8 Å². The molecule has 130 valence electrons. The SMILES string of the molecule is CCc1cnc(CCNC(=NC)NCc2cc(OC)ccc2O)s1. The van der Waals surface area contributed by atoms with Gasteiger partial charge in [-0.05, 0) is 24.6 Å². The zero-order valence-corrected chi connectivity index (χ0v) is 15.1. The van der Waals surface area contributed by atoms with Crippen LogP contribution in [0, 0.1) is 0 Å². The van der Waals surface area contributed by atoms with Gasteiger partial charge in [-0.25, -0.2) is 4.98 Å². The van der Waals surface area contributed by atoms with E-state index in [0.717, 1.165) is 30.0 Å². The van der Waals surface area contributed by atoms with E-state index in [1.165, 1.54) is 4.88 Å².